The van der Waals surface area contributed by atoms with Crippen molar-refractivity contribution in [2.45, 2.75) is 6.42 Å². The smallest absolute Gasteiger partial charge is 0.303 e. The average Bonchev–Trinajstić information content (AvgIpc) is 3.12. The number of carbonyl (C=O) groups is 1. The lowest BCUT2D eigenvalue weighted by atomic mass is 10.2. The monoisotopic (exact) mass is 402 g/mol. The molecule has 0 unspecified atom stereocenters. The Bertz CT molecular complexity index is 1090. The van der Waals surface area contributed by atoms with Gasteiger partial charge in [0.15, 0.2) is 0 Å². The van der Waals surface area contributed by atoms with Crippen LogP contribution in [0.1, 0.15) is 16.8 Å². The van der Waals surface area contributed by atoms with E-state index in [4.69, 9.17) is 0 Å². The Kier molecular flexibility index (Phi) is 4.58. The third-order valence-electron chi connectivity index (χ3n) is 4.51. The Morgan fingerprint density at radius 3 is 2.70 bits per heavy atom. The average molecular weight is 403 g/mol. The molecule has 1 amide bonds. The molecule has 9 heteroatoms. The van der Waals surface area contributed by atoms with E-state index in [-0.39, 0.29) is 5.91 Å². The number of amides is 1. The van der Waals surface area contributed by atoms with E-state index in [9.17, 15) is 13.2 Å². The van der Waals surface area contributed by atoms with Crippen molar-refractivity contribution in [1.82, 2.24) is 9.29 Å². The zero-order chi connectivity index (χ0) is 19.0. The first-order valence-electron chi connectivity index (χ1n) is 8.44. The molecule has 1 saturated heterocycles. The normalized spacial score (nSPS) is 17.1. The maximum absolute atomic E-state index is 12.5. The van der Waals surface area contributed by atoms with Gasteiger partial charge in [-0.05, 0) is 48.9 Å². The van der Waals surface area contributed by atoms with Gasteiger partial charge in [-0.25, -0.2) is 4.98 Å². The molecule has 0 aliphatic carbocycles. The zero-order valence-electron chi connectivity index (χ0n) is 14.6. The first-order chi connectivity index (χ1) is 12.9. The van der Waals surface area contributed by atoms with E-state index in [1.165, 1.54) is 8.61 Å². The molecule has 140 valence electrons. The fraction of sp³-hybridized carbons (Fsp3) is 0.222. The number of hydrogen-bond donors (Lipinski definition) is 1. The Balaban J connectivity index is 1.52. The van der Waals surface area contributed by atoms with Crippen LogP contribution in [0.2, 0.25) is 0 Å². The minimum absolute atomic E-state index is 0.255. The number of carbonyl (C=O) groups excluding carboxylic acids is 1. The standard InChI is InChI=1S/C18H18N4O3S2/c1-21-9-2-10-22(27(21,24)25)15-6-3-13(4-7-15)18(23)20-14-5-8-17-16(11-14)19-12-26-17/h3-8,11-12H,2,9-10H2,1H3,(H,20,23). The van der Waals surface area contributed by atoms with Crippen molar-refractivity contribution in [2.75, 3.05) is 29.8 Å². The minimum Gasteiger partial charge on any atom is -0.322 e. The first-order valence-corrected chi connectivity index (χ1v) is 10.7. The van der Waals surface area contributed by atoms with Gasteiger partial charge in [-0.3, -0.25) is 9.10 Å². The summed E-state index contributed by atoms with van der Waals surface area (Å²) in [7, 11) is -1.92. The summed E-state index contributed by atoms with van der Waals surface area (Å²) in [5.41, 5.74) is 4.29. The molecule has 1 fully saturated rings. The summed E-state index contributed by atoms with van der Waals surface area (Å²) in [4.78, 5) is 16.7. The van der Waals surface area contributed by atoms with Gasteiger partial charge in [0, 0.05) is 31.4 Å². The fourth-order valence-electron chi connectivity index (χ4n) is 3.02. The number of anilines is 2. The summed E-state index contributed by atoms with van der Waals surface area (Å²) in [5.74, 6) is -0.255. The first kappa shape index (κ1) is 17.9. The van der Waals surface area contributed by atoms with E-state index in [1.54, 1.807) is 48.2 Å². The molecule has 27 heavy (non-hydrogen) atoms. The highest BCUT2D eigenvalue weighted by atomic mass is 32.2. The maximum atomic E-state index is 12.5. The Labute approximate surface area is 161 Å². The van der Waals surface area contributed by atoms with Crippen molar-refractivity contribution in [3.8, 4) is 0 Å². The number of fused-ring (bicyclic) bond motifs is 1. The summed E-state index contributed by atoms with van der Waals surface area (Å²) >= 11 is 1.55. The van der Waals surface area contributed by atoms with Gasteiger partial charge in [0.25, 0.3) is 5.91 Å². The molecule has 4 rings (SSSR count). The maximum Gasteiger partial charge on any atom is 0.303 e. The lowest BCUT2D eigenvalue weighted by Gasteiger charge is -2.33. The van der Waals surface area contributed by atoms with Gasteiger partial charge in [0.1, 0.15) is 0 Å². The molecule has 1 aromatic heterocycles. The highest BCUT2D eigenvalue weighted by Crippen LogP contribution is 2.25. The highest BCUT2D eigenvalue weighted by molar-refractivity contribution is 7.90. The molecule has 0 radical (unpaired) electrons. The van der Waals surface area contributed by atoms with Crippen LogP contribution in [0.4, 0.5) is 11.4 Å². The van der Waals surface area contributed by atoms with E-state index in [0.29, 0.717) is 30.0 Å². The molecule has 1 aliphatic rings. The molecule has 1 N–H and O–H groups in total. The number of benzene rings is 2. The SMILES string of the molecule is CN1CCCN(c2ccc(C(=O)Nc3ccc4scnc4c3)cc2)S1(=O)=O. The van der Waals surface area contributed by atoms with Gasteiger partial charge >= 0.3 is 10.2 Å². The van der Waals surface area contributed by atoms with Crippen LogP contribution in [0.5, 0.6) is 0 Å². The second-order valence-electron chi connectivity index (χ2n) is 6.29. The van der Waals surface area contributed by atoms with Gasteiger partial charge in [-0.2, -0.15) is 12.7 Å². The van der Waals surface area contributed by atoms with E-state index >= 15 is 0 Å². The van der Waals surface area contributed by atoms with Crippen molar-refractivity contribution < 1.29 is 13.2 Å². The molecular weight excluding hydrogens is 384 g/mol. The summed E-state index contributed by atoms with van der Waals surface area (Å²) in [5, 5.41) is 2.85. The van der Waals surface area contributed by atoms with Crippen LogP contribution < -0.4 is 9.62 Å². The molecule has 7 nitrogen and oxygen atoms in total. The quantitative estimate of drug-likeness (QED) is 0.730. The number of nitrogens with one attached hydrogen (secondary N) is 1. The van der Waals surface area contributed by atoms with Gasteiger partial charge in [0.2, 0.25) is 0 Å². The number of rotatable bonds is 3. The molecule has 2 heterocycles. The largest absolute Gasteiger partial charge is 0.322 e. The van der Waals surface area contributed by atoms with Gasteiger partial charge in [-0.1, -0.05) is 0 Å². The van der Waals surface area contributed by atoms with Crippen molar-refractivity contribution in [1.29, 1.82) is 0 Å². The van der Waals surface area contributed by atoms with Gasteiger partial charge in [0.05, 0.1) is 21.4 Å². The van der Waals surface area contributed by atoms with Crippen LogP contribution in [-0.4, -0.2) is 43.8 Å². The second kappa shape index (κ2) is 6.91. The van der Waals surface area contributed by atoms with E-state index in [2.05, 4.69) is 10.3 Å². The molecule has 3 aromatic rings. The Morgan fingerprint density at radius 1 is 1.15 bits per heavy atom. The van der Waals surface area contributed by atoms with Crippen LogP contribution in [0.15, 0.2) is 48.0 Å². The predicted octanol–water partition coefficient (Wildman–Crippen LogP) is 2.94. The van der Waals surface area contributed by atoms with Crippen molar-refractivity contribution in [3.63, 3.8) is 0 Å². The molecule has 0 bridgehead atoms. The Hall–Kier alpha value is -2.49. The van der Waals surface area contributed by atoms with Crippen LogP contribution in [0, 0.1) is 0 Å². The van der Waals surface area contributed by atoms with E-state index in [0.717, 1.165) is 16.6 Å². The molecular formula is C18H18N4O3S2. The molecule has 1 aliphatic heterocycles. The lowest BCUT2D eigenvalue weighted by Crippen LogP contribution is -2.47. The number of hydrogen-bond acceptors (Lipinski definition) is 5. The summed E-state index contributed by atoms with van der Waals surface area (Å²) in [6.45, 7) is 0.953. The lowest BCUT2D eigenvalue weighted by molar-refractivity contribution is 0.102. The summed E-state index contributed by atoms with van der Waals surface area (Å²) in [6, 6.07) is 12.2. The van der Waals surface area contributed by atoms with Crippen molar-refractivity contribution in [3.05, 3.63) is 53.5 Å². The van der Waals surface area contributed by atoms with E-state index in [1.807, 2.05) is 18.2 Å². The summed E-state index contributed by atoms with van der Waals surface area (Å²) in [6.07, 6.45) is 0.761. The fourth-order valence-corrected chi connectivity index (χ4v) is 5.12. The molecule has 2 aromatic carbocycles. The second-order valence-corrected chi connectivity index (χ2v) is 9.14. The minimum atomic E-state index is -3.49. The van der Waals surface area contributed by atoms with Gasteiger partial charge < -0.3 is 5.32 Å². The summed E-state index contributed by atoms with van der Waals surface area (Å²) < 4.78 is 28.6. The van der Waals surface area contributed by atoms with Crippen LogP contribution >= 0.6 is 11.3 Å². The van der Waals surface area contributed by atoms with Crippen LogP contribution in [0.3, 0.4) is 0 Å². The number of nitrogens with zero attached hydrogens (tertiary/aromatic N) is 3. The third kappa shape index (κ3) is 3.41. The molecule has 0 atom stereocenters. The van der Waals surface area contributed by atoms with Gasteiger partial charge in [-0.15, -0.1) is 11.3 Å². The molecule has 0 spiro atoms. The Morgan fingerprint density at radius 2 is 1.93 bits per heavy atom. The van der Waals surface area contributed by atoms with Crippen molar-refractivity contribution in [2.24, 2.45) is 0 Å². The topological polar surface area (TPSA) is 82.6 Å². The predicted molar refractivity (Wildman–Crippen MR) is 108 cm³/mol. The van der Waals surface area contributed by atoms with Crippen LogP contribution in [0.25, 0.3) is 10.2 Å². The third-order valence-corrected chi connectivity index (χ3v) is 7.24. The molecule has 0 saturated carbocycles. The number of aromatic nitrogens is 1. The van der Waals surface area contributed by atoms with E-state index < -0.39 is 10.2 Å². The van der Waals surface area contributed by atoms with Crippen molar-refractivity contribution >= 4 is 49.0 Å². The number of thiazole rings is 1. The van der Waals surface area contributed by atoms with Crippen LogP contribution in [-0.2, 0) is 10.2 Å². The zero-order valence-corrected chi connectivity index (χ0v) is 16.3. The highest BCUT2D eigenvalue weighted by Gasteiger charge is 2.30.